The first-order valence-electron chi connectivity index (χ1n) is 8.51. The lowest BCUT2D eigenvalue weighted by Gasteiger charge is -2.08. The molecule has 0 saturated carbocycles. The molecular weight excluding hydrogens is 346 g/mol. The SMILES string of the molecule is CCc1cccc(NC(=O)COC(=O)/C=C/c2ccc(OC)cc2OC)c1. The second-order valence-electron chi connectivity index (χ2n) is 5.65. The Balaban J connectivity index is 1.88. The Morgan fingerprint density at radius 1 is 1.07 bits per heavy atom. The number of nitrogens with one attached hydrogen (secondary N) is 1. The van der Waals surface area contributed by atoms with Crippen molar-refractivity contribution in [3.05, 3.63) is 59.7 Å². The van der Waals surface area contributed by atoms with E-state index in [9.17, 15) is 9.59 Å². The third kappa shape index (κ3) is 6.18. The summed E-state index contributed by atoms with van der Waals surface area (Å²) >= 11 is 0. The third-order valence-electron chi connectivity index (χ3n) is 3.80. The van der Waals surface area contributed by atoms with Crippen molar-refractivity contribution in [1.82, 2.24) is 0 Å². The molecule has 0 fully saturated rings. The molecule has 0 aliphatic heterocycles. The lowest BCUT2D eigenvalue weighted by atomic mass is 10.1. The molecule has 0 bridgehead atoms. The minimum absolute atomic E-state index is 0.362. The Hall–Kier alpha value is -3.28. The number of ether oxygens (including phenoxy) is 3. The second kappa shape index (κ2) is 10.0. The van der Waals surface area contributed by atoms with E-state index >= 15 is 0 Å². The molecule has 1 N–H and O–H groups in total. The van der Waals surface area contributed by atoms with E-state index in [0.717, 1.165) is 12.0 Å². The van der Waals surface area contributed by atoms with Crippen LogP contribution in [-0.4, -0.2) is 32.7 Å². The van der Waals surface area contributed by atoms with Crippen molar-refractivity contribution in [1.29, 1.82) is 0 Å². The topological polar surface area (TPSA) is 73.9 Å². The van der Waals surface area contributed by atoms with Gasteiger partial charge in [0.2, 0.25) is 0 Å². The summed E-state index contributed by atoms with van der Waals surface area (Å²) in [5.74, 6) is 0.194. The number of methoxy groups -OCH3 is 2. The summed E-state index contributed by atoms with van der Waals surface area (Å²) in [5.41, 5.74) is 2.48. The lowest BCUT2D eigenvalue weighted by molar-refractivity contribution is -0.142. The van der Waals surface area contributed by atoms with E-state index in [4.69, 9.17) is 14.2 Å². The number of anilines is 1. The molecular formula is C21H23NO5. The monoisotopic (exact) mass is 369 g/mol. The van der Waals surface area contributed by atoms with Crippen molar-refractivity contribution in [2.24, 2.45) is 0 Å². The molecule has 2 aromatic carbocycles. The van der Waals surface area contributed by atoms with Gasteiger partial charge in [-0.1, -0.05) is 19.1 Å². The third-order valence-corrected chi connectivity index (χ3v) is 3.80. The molecule has 0 saturated heterocycles. The molecule has 27 heavy (non-hydrogen) atoms. The Morgan fingerprint density at radius 2 is 1.89 bits per heavy atom. The Bertz CT molecular complexity index is 829. The molecule has 2 rings (SSSR count). The van der Waals surface area contributed by atoms with Crippen LogP contribution in [0.4, 0.5) is 5.69 Å². The van der Waals surface area contributed by atoms with Gasteiger partial charge in [0, 0.05) is 23.4 Å². The number of rotatable bonds is 8. The molecule has 2 aromatic rings. The van der Waals surface area contributed by atoms with E-state index in [0.29, 0.717) is 22.7 Å². The number of benzene rings is 2. The number of hydrogen-bond donors (Lipinski definition) is 1. The summed E-state index contributed by atoms with van der Waals surface area (Å²) in [6.07, 6.45) is 3.68. The van der Waals surface area contributed by atoms with Gasteiger partial charge in [0.25, 0.3) is 5.91 Å². The smallest absolute Gasteiger partial charge is 0.331 e. The maximum atomic E-state index is 11.9. The average Bonchev–Trinajstić information content (AvgIpc) is 2.70. The minimum atomic E-state index is -0.620. The van der Waals surface area contributed by atoms with Crippen LogP contribution >= 0.6 is 0 Å². The van der Waals surface area contributed by atoms with Gasteiger partial charge in [0.05, 0.1) is 14.2 Å². The zero-order chi connectivity index (χ0) is 19.6. The van der Waals surface area contributed by atoms with Crippen LogP contribution in [0.3, 0.4) is 0 Å². The van der Waals surface area contributed by atoms with Gasteiger partial charge < -0.3 is 19.5 Å². The molecule has 0 aromatic heterocycles. The summed E-state index contributed by atoms with van der Waals surface area (Å²) in [5, 5.41) is 2.70. The predicted octanol–water partition coefficient (Wildman–Crippen LogP) is 3.46. The Labute approximate surface area is 158 Å². The van der Waals surface area contributed by atoms with Crippen LogP contribution < -0.4 is 14.8 Å². The number of carbonyl (C=O) groups excluding carboxylic acids is 2. The van der Waals surface area contributed by atoms with Crippen LogP contribution in [0.25, 0.3) is 6.08 Å². The quantitative estimate of drug-likeness (QED) is 0.570. The lowest BCUT2D eigenvalue weighted by Crippen LogP contribution is -2.20. The maximum Gasteiger partial charge on any atom is 0.331 e. The molecule has 0 heterocycles. The van der Waals surface area contributed by atoms with Crippen molar-refractivity contribution in [3.8, 4) is 11.5 Å². The zero-order valence-electron chi connectivity index (χ0n) is 15.7. The van der Waals surface area contributed by atoms with Crippen molar-refractivity contribution < 1.29 is 23.8 Å². The minimum Gasteiger partial charge on any atom is -0.497 e. The Kier molecular flexibility index (Phi) is 7.43. The van der Waals surface area contributed by atoms with Crippen LogP contribution in [0.5, 0.6) is 11.5 Å². The fourth-order valence-electron chi connectivity index (χ4n) is 2.36. The largest absolute Gasteiger partial charge is 0.497 e. The van der Waals surface area contributed by atoms with E-state index in [2.05, 4.69) is 5.32 Å². The van der Waals surface area contributed by atoms with Gasteiger partial charge in [0.1, 0.15) is 11.5 Å². The van der Waals surface area contributed by atoms with Gasteiger partial charge in [-0.25, -0.2) is 4.79 Å². The van der Waals surface area contributed by atoms with Gasteiger partial charge in [0.15, 0.2) is 6.61 Å². The van der Waals surface area contributed by atoms with E-state index in [1.54, 1.807) is 37.5 Å². The molecule has 0 aliphatic rings. The van der Waals surface area contributed by atoms with Gasteiger partial charge in [-0.05, 0) is 42.3 Å². The van der Waals surface area contributed by atoms with Crippen molar-refractivity contribution in [2.45, 2.75) is 13.3 Å². The van der Waals surface area contributed by atoms with Gasteiger partial charge in [-0.3, -0.25) is 4.79 Å². The Morgan fingerprint density at radius 3 is 2.59 bits per heavy atom. The van der Waals surface area contributed by atoms with Gasteiger partial charge in [-0.15, -0.1) is 0 Å². The summed E-state index contributed by atoms with van der Waals surface area (Å²) in [6.45, 7) is 1.67. The van der Waals surface area contributed by atoms with Crippen LogP contribution in [-0.2, 0) is 20.7 Å². The first-order valence-corrected chi connectivity index (χ1v) is 8.51. The van der Waals surface area contributed by atoms with E-state index < -0.39 is 11.9 Å². The van der Waals surface area contributed by atoms with E-state index in [1.165, 1.54) is 13.2 Å². The summed E-state index contributed by atoms with van der Waals surface area (Å²) in [7, 11) is 3.09. The number of esters is 1. The molecule has 0 unspecified atom stereocenters. The van der Waals surface area contributed by atoms with Crippen LogP contribution in [0.15, 0.2) is 48.5 Å². The van der Waals surface area contributed by atoms with Gasteiger partial charge >= 0.3 is 5.97 Å². The highest BCUT2D eigenvalue weighted by molar-refractivity contribution is 5.94. The number of amides is 1. The zero-order valence-corrected chi connectivity index (χ0v) is 15.7. The molecule has 142 valence electrons. The fourth-order valence-corrected chi connectivity index (χ4v) is 2.36. The van der Waals surface area contributed by atoms with Crippen LogP contribution in [0, 0.1) is 0 Å². The summed E-state index contributed by atoms with van der Waals surface area (Å²) in [4.78, 5) is 23.8. The van der Waals surface area contributed by atoms with E-state index in [-0.39, 0.29) is 6.61 Å². The first-order chi connectivity index (χ1) is 13.0. The molecule has 6 nitrogen and oxygen atoms in total. The predicted molar refractivity (Wildman–Crippen MR) is 104 cm³/mol. The average molecular weight is 369 g/mol. The standard InChI is InChI=1S/C21H23NO5/c1-4-15-6-5-7-17(12-15)22-20(23)14-27-21(24)11-9-16-8-10-18(25-2)13-19(16)26-3/h5-13H,4,14H2,1-3H3,(H,22,23)/b11-9+. The highest BCUT2D eigenvalue weighted by Gasteiger charge is 2.07. The highest BCUT2D eigenvalue weighted by Crippen LogP contribution is 2.25. The van der Waals surface area contributed by atoms with Crippen molar-refractivity contribution in [3.63, 3.8) is 0 Å². The first kappa shape index (κ1) is 20.0. The number of carbonyl (C=O) groups is 2. The van der Waals surface area contributed by atoms with Crippen molar-refractivity contribution in [2.75, 3.05) is 26.1 Å². The van der Waals surface area contributed by atoms with Crippen LogP contribution in [0.2, 0.25) is 0 Å². The van der Waals surface area contributed by atoms with Gasteiger partial charge in [-0.2, -0.15) is 0 Å². The van der Waals surface area contributed by atoms with Crippen molar-refractivity contribution >= 4 is 23.6 Å². The molecule has 1 amide bonds. The molecule has 0 radical (unpaired) electrons. The normalized spacial score (nSPS) is 10.5. The second-order valence-corrected chi connectivity index (χ2v) is 5.65. The van der Waals surface area contributed by atoms with Crippen LogP contribution in [0.1, 0.15) is 18.1 Å². The summed E-state index contributed by atoms with van der Waals surface area (Å²) < 4.78 is 15.4. The fraction of sp³-hybridized carbons (Fsp3) is 0.238. The molecule has 0 aliphatic carbocycles. The number of aryl methyl sites for hydroxylation is 1. The molecule has 0 spiro atoms. The summed E-state index contributed by atoms with van der Waals surface area (Å²) in [6, 6.07) is 12.7. The molecule has 6 heteroatoms. The maximum absolute atomic E-state index is 11.9. The van der Waals surface area contributed by atoms with E-state index in [1.807, 2.05) is 25.1 Å². The number of hydrogen-bond acceptors (Lipinski definition) is 5. The molecule has 0 atom stereocenters. The highest BCUT2D eigenvalue weighted by atomic mass is 16.5.